The molecule has 0 unspecified atom stereocenters. The van der Waals surface area contributed by atoms with Crippen LogP contribution in [0.15, 0.2) is 35.0 Å². The molecule has 0 radical (unpaired) electrons. The van der Waals surface area contributed by atoms with Gasteiger partial charge in [-0.25, -0.2) is 0 Å². The molecule has 0 amide bonds. The van der Waals surface area contributed by atoms with E-state index in [9.17, 15) is 0 Å². The van der Waals surface area contributed by atoms with Crippen molar-refractivity contribution in [1.82, 2.24) is 4.90 Å². The summed E-state index contributed by atoms with van der Waals surface area (Å²) in [7, 11) is 0. The van der Waals surface area contributed by atoms with Gasteiger partial charge in [-0.15, -0.1) is 22.7 Å². The third kappa shape index (κ3) is 3.42. The largest absolute Gasteiger partial charge is 0.395 e. The molecule has 0 aliphatic rings. The molecule has 0 aliphatic heterocycles. The number of hydrogen-bond acceptors (Lipinski definition) is 4. The fourth-order valence-electron chi connectivity index (χ4n) is 1.60. The van der Waals surface area contributed by atoms with Gasteiger partial charge in [-0.1, -0.05) is 12.1 Å². The lowest BCUT2D eigenvalue weighted by molar-refractivity contribution is 0.186. The Bertz CT molecular complexity index is 347. The van der Waals surface area contributed by atoms with Crippen molar-refractivity contribution in [3.8, 4) is 0 Å². The first-order chi connectivity index (χ1) is 7.88. The summed E-state index contributed by atoms with van der Waals surface area (Å²) >= 11 is 3.54. The summed E-state index contributed by atoms with van der Waals surface area (Å²) < 4.78 is 0. The first kappa shape index (κ1) is 11.8. The summed E-state index contributed by atoms with van der Waals surface area (Å²) in [5.41, 5.74) is 0. The molecule has 2 nitrogen and oxygen atoms in total. The lowest BCUT2D eigenvalue weighted by atomic mass is 10.3. The summed E-state index contributed by atoms with van der Waals surface area (Å²) in [5, 5.41) is 13.2. The zero-order valence-electron chi connectivity index (χ0n) is 9.00. The van der Waals surface area contributed by atoms with Crippen molar-refractivity contribution < 1.29 is 5.11 Å². The van der Waals surface area contributed by atoms with Crippen LogP contribution in [-0.4, -0.2) is 23.2 Å². The minimum atomic E-state index is 0.219. The molecule has 0 spiro atoms. The van der Waals surface area contributed by atoms with E-state index in [-0.39, 0.29) is 6.61 Å². The van der Waals surface area contributed by atoms with Crippen molar-refractivity contribution >= 4 is 22.7 Å². The average Bonchev–Trinajstić information content (AvgIpc) is 2.91. The molecule has 1 N–H and O–H groups in total. The number of aliphatic hydroxyl groups is 1. The van der Waals surface area contributed by atoms with E-state index >= 15 is 0 Å². The van der Waals surface area contributed by atoms with Gasteiger partial charge < -0.3 is 5.11 Å². The Kier molecular flexibility index (Phi) is 4.54. The topological polar surface area (TPSA) is 23.5 Å². The highest BCUT2D eigenvalue weighted by molar-refractivity contribution is 7.10. The van der Waals surface area contributed by atoms with Crippen molar-refractivity contribution in [3.05, 3.63) is 44.8 Å². The van der Waals surface area contributed by atoms with Crippen molar-refractivity contribution in [2.75, 3.05) is 13.2 Å². The van der Waals surface area contributed by atoms with Crippen LogP contribution >= 0.6 is 22.7 Å². The summed E-state index contributed by atoms with van der Waals surface area (Å²) in [5.74, 6) is 0. The van der Waals surface area contributed by atoms with Crippen LogP contribution in [0.3, 0.4) is 0 Å². The van der Waals surface area contributed by atoms with Gasteiger partial charge in [0.15, 0.2) is 0 Å². The quantitative estimate of drug-likeness (QED) is 0.855. The average molecular weight is 253 g/mol. The van der Waals surface area contributed by atoms with Crippen LogP contribution in [0.25, 0.3) is 0 Å². The monoisotopic (exact) mass is 253 g/mol. The number of hydrogen-bond donors (Lipinski definition) is 1. The summed E-state index contributed by atoms with van der Waals surface area (Å²) in [6, 6.07) is 8.43. The molecule has 2 aromatic heterocycles. The van der Waals surface area contributed by atoms with Gasteiger partial charge in [0.05, 0.1) is 6.61 Å². The third-order valence-electron chi connectivity index (χ3n) is 2.34. The summed E-state index contributed by atoms with van der Waals surface area (Å²) in [6.45, 7) is 2.80. The van der Waals surface area contributed by atoms with Crippen molar-refractivity contribution in [3.63, 3.8) is 0 Å². The fraction of sp³-hybridized carbons (Fsp3) is 0.333. The number of rotatable bonds is 6. The standard InChI is InChI=1S/C12H15NOS2/c14-6-5-13(9-11-3-1-7-15-11)10-12-4-2-8-16-12/h1-4,7-8,14H,5-6,9-10H2. The van der Waals surface area contributed by atoms with Crippen molar-refractivity contribution in [1.29, 1.82) is 0 Å². The Labute approximate surface area is 104 Å². The van der Waals surface area contributed by atoms with Gasteiger partial charge in [0.25, 0.3) is 0 Å². The molecule has 0 saturated carbocycles. The minimum Gasteiger partial charge on any atom is -0.395 e. The van der Waals surface area contributed by atoms with Gasteiger partial charge in [-0.05, 0) is 22.9 Å². The van der Waals surface area contributed by atoms with Crippen molar-refractivity contribution in [2.45, 2.75) is 13.1 Å². The van der Waals surface area contributed by atoms with E-state index < -0.39 is 0 Å². The van der Waals surface area contributed by atoms with Crippen LogP contribution in [0.2, 0.25) is 0 Å². The zero-order chi connectivity index (χ0) is 11.2. The van der Waals surface area contributed by atoms with E-state index in [2.05, 4.69) is 39.9 Å². The van der Waals surface area contributed by atoms with Crippen LogP contribution < -0.4 is 0 Å². The Morgan fingerprint density at radius 3 is 1.94 bits per heavy atom. The summed E-state index contributed by atoms with van der Waals surface area (Å²) in [4.78, 5) is 4.98. The van der Waals surface area contributed by atoms with E-state index in [0.29, 0.717) is 0 Å². The number of nitrogens with zero attached hydrogens (tertiary/aromatic N) is 1. The van der Waals surface area contributed by atoms with Gasteiger partial charge in [0.2, 0.25) is 0 Å². The molecular formula is C12H15NOS2. The number of aliphatic hydroxyl groups excluding tert-OH is 1. The molecule has 0 fully saturated rings. The molecule has 0 atom stereocenters. The Balaban J connectivity index is 1.94. The Hall–Kier alpha value is -0.680. The lowest BCUT2D eigenvalue weighted by Gasteiger charge is -2.19. The van der Waals surface area contributed by atoms with Crippen LogP contribution in [0, 0.1) is 0 Å². The smallest absolute Gasteiger partial charge is 0.0558 e. The molecule has 4 heteroatoms. The van der Waals surface area contributed by atoms with Gasteiger partial charge in [-0.2, -0.15) is 0 Å². The molecule has 0 aliphatic carbocycles. The second-order valence-electron chi connectivity index (χ2n) is 3.59. The van der Waals surface area contributed by atoms with Gasteiger partial charge >= 0.3 is 0 Å². The number of thiophene rings is 2. The summed E-state index contributed by atoms with van der Waals surface area (Å²) in [6.07, 6.45) is 0. The molecule has 0 bridgehead atoms. The zero-order valence-corrected chi connectivity index (χ0v) is 10.6. The van der Waals surface area contributed by atoms with E-state index in [0.717, 1.165) is 19.6 Å². The normalized spacial score (nSPS) is 11.1. The Morgan fingerprint density at radius 2 is 1.56 bits per heavy atom. The predicted molar refractivity (Wildman–Crippen MR) is 69.8 cm³/mol. The molecule has 2 heterocycles. The van der Waals surface area contributed by atoms with Crippen LogP contribution in [0.1, 0.15) is 9.75 Å². The van der Waals surface area contributed by atoms with E-state index in [1.165, 1.54) is 9.75 Å². The molecule has 2 aromatic rings. The van der Waals surface area contributed by atoms with Gasteiger partial charge in [-0.3, -0.25) is 4.90 Å². The highest BCUT2D eigenvalue weighted by Crippen LogP contribution is 2.16. The molecular weight excluding hydrogens is 238 g/mol. The van der Waals surface area contributed by atoms with E-state index in [4.69, 9.17) is 5.11 Å². The molecule has 0 saturated heterocycles. The Morgan fingerprint density at radius 1 is 1.00 bits per heavy atom. The highest BCUT2D eigenvalue weighted by atomic mass is 32.1. The first-order valence-electron chi connectivity index (χ1n) is 5.26. The van der Waals surface area contributed by atoms with E-state index in [1.807, 2.05) is 0 Å². The lowest BCUT2D eigenvalue weighted by Crippen LogP contribution is -2.25. The molecule has 0 aromatic carbocycles. The fourth-order valence-corrected chi connectivity index (χ4v) is 3.09. The molecule has 2 rings (SSSR count). The maximum absolute atomic E-state index is 9.06. The second kappa shape index (κ2) is 6.15. The second-order valence-corrected chi connectivity index (χ2v) is 5.66. The van der Waals surface area contributed by atoms with E-state index in [1.54, 1.807) is 22.7 Å². The van der Waals surface area contributed by atoms with Crippen molar-refractivity contribution in [2.24, 2.45) is 0 Å². The first-order valence-corrected chi connectivity index (χ1v) is 7.02. The molecule has 16 heavy (non-hydrogen) atoms. The van der Waals surface area contributed by atoms with Gasteiger partial charge in [0.1, 0.15) is 0 Å². The minimum absolute atomic E-state index is 0.219. The van der Waals surface area contributed by atoms with Crippen LogP contribution in [0.5, 0.6) is 0 Å². The van der Waals surface area contributed by atoms with Crippen LogP contribution in [0.4, 0.5) is 0 Å². The SMILES string of the molecule is OCCN(Cc1cccs1)Cc1cccs1. The van der Waals surface area contributed by atoms with Gasteiger partial charge in [0, 0.05) is 29.4 Å². The maximum Gasteiger partial charge on any atom is 0.0558 e. The third-order valence-corrected chi connectivity index (χ3v) is 4.06. The molecule has 86 valence electrons. The maximum atomic E-state index is 9.06. The highest BCUT2D eigenvalue weighted by Gasteiger charge is 2.07. The predicted octanol–water partition coefficient (Wildman–Crippen LogP) is 2.80. The van der Waals surface area contributed by atoms with Crippen LogP contribution in [-0.2, 0) is 13.1 Å².